The van der Waals surface area contributed by atoms with Crippen LogP contribution >= 0.6 is 0 Å². The van der Waals surface area contributed by atoms with E-state index in [1.165, 1.54) is 0 Å². The van der Waals surface area contributed by atoms with Crippen LogP contribution in [-0.4, -0.2) is 28.3 Å². The first-order valence-corrected chi connectivity index (χ1v) is 6.85. The first-order chi connectivity index (χ1) is 9.42. The van der Waals surface area contributed by atoms with Crippen LogP contribution in [0.3, 0.4) is 0 Å². The number of rotatable bonds is 4. The monoisotopic (exact) mass is 258 g/mol. The predicted octanol–water partition coefficient (Wildman–Crippen LogP) is 1.72. The molecule has 0 aromatic carbocycles. The van der Waals surface area contributed by atoms with Gasteiger partial charge in [-0.25, -0.2) is 0 Å². The Morgan fingerprint density at radius 3 is 2.84 bits per heavy atom. The van der Waals surface area contributed by atoms with E-state index in [2.05, 4.69) is 20.5 Å². The first-order valence-electron chi connectivity index (χ1n) is 6.85. The van der Waals surface area contributed by atoms with E-state index in [0.29, 0.717) is 5.92 Å². The van der Waals surface area contributed by atoms with Gasteiger partial charge < -0.3 is 9.73 Å². The molecule has 3 rings (SSSR count). The highest BCUT2D eigenvalue weighted by atomic mass is 16.4. The zero-order chi connectivity index (χ0) is 12.9. The molecule has 2 aromatic rings. The summed E-state index contributed by atoms with van der Waals surface area (Å²) >= 11 is 0. The molecule has 0 spiro atoms. The zero-order valence-electron chi connectivity index (χ0n) is 10.9. The predicted molar refractivity (Wildman–Crippen MR) is 70.8 cm³/mol. The fourth-order valence-corrected chi connectivity index (χ4v) is 2.38. The van der Waals surface area contributed by atoms with Crippen molar-refractivity contribution in [3.63, 3.8) is 0 Å². The molecule has 0 radical (unpaired) electrons. The number of nitrogens with zero attached hydrogens (tertiary/aromatic N) is 3. The molecule has 0 unspecified atom stereocenters. The Labute approximate surface area is 112 Å². The fourth-order valence-electron chi connectivity index (χ4n) is 2.38. The van der Waals surface area contributed by atoms with Crippen LogP contribution in [0.15, 0.2) is 28.8 Å². The van der Waals surface area contributed by atoms with Gasteiger partial charge in [0.1, 0.15) is 0 Å². The number of piperidine rings is 1. The van der Waals surface area contributed by atoms with Crippen molar-refractivity contribution in [3.8, 4) is 0 Å². The smallest absolute Gasteiger partial charge is 0.219 e. The van der Waals surface area contributed by atoms with Gasteiger partial charge in [-0.3, -0.25) is 4.98 Å². The summed E-state index contributed by atoms with van der Waals surface area (Å²) in [4.78, 5) is 4.29. The van der Waals surface area contributed by atoms with Crippen molar-refractivity contribution in [3.05, 3.63) is 41.9 Å². The number of aryl methyl sites for hydroxylation is 2. The Morgan fingerprint density at radius 1 is 1.16 bits per heavy atom. The van der Waals surface area contributed by atoms with E-state index in [4.69, 9.17) is 4.42 Å². The highest BCUT2D eigenvalue weighted by molar-refractivity contribution is 5.04. The molecule has 5 heteroatoms. The Hall–Kier alpha value is -1.75. The molecule has 100 valence electrons. The summed E-state index contributed by atoms with van der Waals surface area (Å²) in [5.74, 6) is 1.95. The van der Waals surface area contributed by atoms with E-state index < -0.39 is 0 Å². The van der Waals surface area contributed by atoms with Crippen molar-refractivity contribution in [1.82, 2.24) is 20.5 Å². The maximum absolute atomic E-state index is 5.77. The van der Waals surface area contributed by atoms with Crippen LogP contribution in [0.4, 0.5) is 0 Å². The molecule has 3 heterocycles. The molecule has 1 N–H and O–H groups in total. The minimum atomic E-state index is 0.428. The maximum Gasteiger partial charge on any atom is 0.219 e. The molecule has 0 aliphatic carbocycles. The molecule has 19 heavy (non-hydrogen) atoms. The zero-order valence-corrected chi connectivity index (χ0v) is 10.9. The molecule has 2 aromatic heterocycles. The summed E-state index contributed by atoms with van der Waals surface area (Å²) in [5, 5.41) is 11.7. The highest BCUT2D eigenvalue weighted by Crippen LogP contribution is 2.23. The van der Waals surface area contributed by atoms with Crippen molar-refractivity contribution in [1.29, 1.82) is 0 Å². The third-order valence-electron chi connectivity index (χ3n) is 3.49. The van der Waals surface area contributed by atoms with Crippen molar-refractivity contribution in [2.75, 3.05) is 13.1 Å². The van der Waals surface area contributed by atoms with Gasteiger partial charge >= 0.3 is 0 Å². The lowest BCUT2D eigenvalue weighted by Gasteiger charge is -2.18. The maximum atomic E-state index is 5.77. The standard InChI is InChI=1S/C14H18N4O/c1-2-8-16-12(3-1)4-5-13-17-18-14(19-13)11-6-9-15-10-7-11/h1-3,8,11,15H,4-7,9-10H2. The SMILES string of the molecule is c1ccc(CCc2nnc(C3CCNCC3)o2)nc1. The molecule has 0 amide bonds. The minimum absolute atomic E-state index is 0.428. The second kappa shape index (κ2) is 5.93. The van der Waals surface area contributed by atoms with Gasteiger partial charge in [0.25, 0.3) is 0 Å². The van der Waals surface area contributed by atoms with Crippen LogP contribution in [0, 0.1) is 0 Å². The number of pyridine rings is 1. The van der Waals surface area contributed by atoms with Gasteiger partial charge in [-0.1, -0.05) is 6.07 Å². The molecule has 5 nitrogen and oxygen atoms in total. The quantitative estimate of drug-likeness (QED) is 0.904. The second-order valence-electron chi connectivity index (χ2n) is 4.88. The van der Waals surface area contributed by atoms with Gasteiger partial charge in [0.2, 0.25) is 11.8 Å². The summed E-state index contributed by atoms with van der Waals surface area (Å²) < 4.78 is 5.77. The van der Waals surface area contributed by atoms with Crippen LogP contribution in [-0.2, 0) is 12.8 Å². The Kier molecular flexibility index (Phi) is 3.83. The summed E-state index contributed by atoms with van der Waals surface area (Å²) in [5.41, 5.74) is 1.06. The molecular weight excluding hydrogens is 240 g/mol. The van der Waals surface area contributed by atoms with Crippen molar-refractivity contribution in [2.45, 2.75) is 31.6 Å². The van der Waals surface area contributed by atoms with Crippen LogP contribution in [0.25, 0.3) is 0 Å². The Bertz CT molecular complexity index is 505. The Morgan fingerprint density at radius 2 is 2.05 bits per heavy atom. The number of aromatic nitrogens is 3. The highest BCUT2D eigenvalue weighted by Gasteiger charge is 2.20. The van der Waals surface area contributed by atoms with Gasteiger partial charge in [-0.15, -0.1) is 10.2 Å². The van der Waals surface area contributed by atoms with E-state index in [1.807, 2.05) is 24.4 Å². The molecule has 0 atom stereocenters. The van der Waals surface area contributed by atoms with Gasteiger partial charge in [0.05, 0.1) is 0 Å². The summed E-state index contributed by atoms with van der Waals surface area (Å²) in [6.07, 6.45) is 5.58. The lowest BCUT2D eigenvalue weighted by molar-refractivity contribution is 0.360. The molecular formula is C14H18N4O. The van der Waals surface area contributed by atoms with Crippen LogP contribution in [0.5, 0.6) is 0 Å². The summed E-state index contributed by atoms with van der Waals surface area (Å²) in [6.45, 7) is 2.08. The molecule has 0 bridgehead atoms. The second-order valence-corrected chi connectivity index (χ2v) is 4.88. The number of hydrogen-bond acceptors (Lipinski definition) is 5. The van der Waals surface area contributed by atoms with Crippen molar-refractivity contribution in [2.24, 2.45) is 0 Å². The van der Waals surface area contributed by atoms with Crippen LogP contribution in [0.2, 0.25) is 0 Å². The van der Waals surface area contributed by atoms with Gasteiger partial charge in [0, 0.05) is 24.2 Å². The largest absolute Gasteiger partial charge is 0.425 e. The van der Waals surface area contributed by atoms with Gasteiger partial charge in [0.15, 0.2) is 0 Å². The number of nitrogens with one attached hydrogen (secondary N) is 1. The first kappa shape index (κ1) is 12.3. The van der Waals surface area contributed by atoms with Gasteiger partial charge in [-0.2, -0.15) is 0 Å². The summed E-state index contributed by atoms with van der Waals surface area (Å²) in [6, 6.07) is 5.94. The lowest BCUT2D eigenvalue weighted by atomic mass is 9.98. The topological polar surface area (TPSA) is 63.8 Å². The third-order valence-corrected chi connectivity index (χ3v) is 3.49. The molecule has 1 aliphatic rings. The van der Waals surface area contributed by atoms with E-state index in [1.54, 1.807) is 0 Å². The molecule has 0 saturated carbocycles. The Balaban J connectivity index is 1.58. The summed E-state index contributed by atoms with van der Waals surface area (Å²) in [7, 11) is 0. The molecule has 1 saturated heterocycles. The normalized spacial score (nSPS) is 16.6. The van der Waals surface area contributed by atoms with E-state index in [9.17, 15) is 0 Å². The average Bonchev–Trinajstić information content (AvgIpc) is 2.96. The average molecular weight is 258 g/mol. The minimum Gasteiger partial charge on any atom is -0.425 e. The van der Waals surface area contributed by atoms with Crippen molar-refractivity contribution >= 4 is 0 Å². The van der Waals surface area contributed by atoms with E-state index in [0.717, 1.165) is 56.2 Å². The van der Waals surface area contributed by atoms with Gasteiger partial charge in [-0.05, 0) is 44.5 Å². The third kappa shape index (κ3) is 3.17. The van der Waals surface area contributed by atoms with Crippen molar-refractivity contribution < 1.29 is 4.42 Å². The molecule has 1 aliphatic heterocycles. The fraction of sp³-hybridized carbons (Fsp3) is 0.500. The van der Waals surface area contributed by atoms with Crippen LogP contribution in [0.1, 0.15) is 36.2 Å². The molecule has 1 fully saturated rings. The van der Waals surface area contributed by atoms with E-state index in [-0.39, 0.29) is 0 Å². The van der Waals surface area contributed by atoms with Crippen LogP contribution < -0.4 is 5.32 Å². The van der Waals surface area contributed by atoms with E-state index >= 15 is 0 Å². The lowest BCUT2D eigenvalue weighted by Crippen LogP contribution is -2.26. The number of hydrogen-bond donors (Lipinski definition) is 1.